The average Bonchev–Trinajstić information content (AvgIpc) is 3.26. The van der Waals surface area contributed by atoms with Gasteiger partial charge in [-0.1, -0.05) is 13.8 Å². The molecule has 33 heavy (non-hydrogen) atoms. The van der Waals surface area contributed by atoms with Crippen molar-refractivity contribution in [2.75, 3.05) is 5.75 Å². The van der Waals surface area contributed by atoms with Crippen LogP contribution in [-0.2, 0) is 30.4 Å². The first kappa shape index (κ1) is 27.9. The van der Waals surface area contributed by atoms with E-state index in [9.17, 15) is 29.1 Å². The molecule has 0 radical (unpaired) electrons. The topological polar surface area (TPSA) is 222 Å². The Balaban J connectivity index is 2.92. The summed E-state index contributed by atoms with van der Waals surface area (Å²) in [4.78, 5) is 66.9. The van der Waals surface area contributed by atoms with Crippen LogP contribution in [0.4, 0.5) is 0 Å². The molecule has 9 N–H and O–H groups in total. The summed E-state index contributed by atoms with van der Waals surface area (Å²) >= 11 is 4.05. The lowest BCUT2D eigenvalue weighted by Gasteiger charge is -2.25. The summed E-state index contributed by atoms with van der Waals surface area (Å²) in [6, 6.07) is -4.54. The maximum absolute atomic E-state index is 12.9. The number of carboxylic acids is 1. The Morgan fingerprint density at radius 2 is 1.64 bits per heavy atom. The van der Waals surface area contributed by atoms with Crippen LogP contribution in [0.1, 0.15) is 32.4 Å². The molecule has 0 saturated heterocycles. The van der Waals surface area contributed by atoms with Crippen molar-refractivity contribution in [1.29, 1.82) is 0 Å². The molecule has 0 aliphatic carbocycles. The van der Waals surface area contributed by atoms with Crippen LogP contribution in [0.15, 0.2) is 12.5 Å². The molecule has 0 saturated carbocycles. The van der Waals surface area contributed by atoms with Crippen LogP contribution < -0.4 is 27.4 Å². The minimum atomic E-state index is -1.38. The van der Waals surface area contributed by atoms with Crippen LogP contribution in [0.25, 0.3) is 0 Å². The van der Waals surface area contributed by atoms with Gasteiger partial charge in [0.2, 0.25) is 23.6 Å². The number of aromatic amines is 1. The number of carboxylic acid groups (broad SMARTS) is 1. The number of rotatable bonds is 14. The van der Waals surface area contributed by atoms with Gasteiger partial charge >= 0.3 is 5.97 Å². The fourth-order valence-corrected chi connectivity index (χ4v) is 2.94. The molecule has 1 aromatic heterocycles. The highest BCUT2D eigenvalue weighted by molar-refractivity contribution is 7.80. The number of carbonyl (C=O) groups is 5. The normalized spacial score (nSPS) is 14.6. The second-order valence-corrected chi connectivity index (χ2v) is 8.13. The quantitative estimate of drug-likeness (QED) is 0.133. The predicted molar refractivity (Wildman–Crippen MR) is 121 cm³/mol. The summed E-state index contributed by atoms with van der Waals surface area (Å²) in [6.07, 6.45) is 2.47. The number of primary amides is 1. The van der Waals surface area contributed by atoms with E-state index in [0.29, 0.717) is 5.69 Å². The minimum absolute atomic E-state index is 0.0413. The van der Waals surface area contributed by atoms with E-state index in [1.54, 1.807) is 13.8 Å². The van der Waals surface area contributed by atoms with Gasteiger partial charge < -0.3 is 37.5 Å². The third kappa shape index (κ3) is 9.49. The van der Waals surface area contributed by atoms with Crippen molar-refractivity contribution in [3.8, 4) is 0 Å². The van der Waals surface area contributed by atoms with Gasteiger partial charge in [0.15, 0.2) is 0 Å². The molecule has 4 unspecified atom stereocenters. The van der Waals surface area contributed by atoms with Gasteiger partial charge in [0.05, 0.1) is 12.4 Å². The Hall–Kier alpha value is -3.13. The third-order valence-electron chi connectivity index (χ3n) is 4.74. The van der Waals surface area contributed by atoms with Gasteiger partial charge in [-0.15, -0.1) is 0 Å². The zero-order valence-electron chi connectivity index (χ0n) is 18.4. The molecule has 13 nitrogen and oxygen atoms in total. The predicted octanol–water partition coefficient (Wildman–Crippen LogP) is -2.33. The fourth-order valence-electron chi connectivity index (χ4n) is 2.68. The van der Waals surface area contributed by atoms with Crippen LogP contribution in [0.2, 0.25) is 0 Å². The zero-order valence-corrected chi connectivity index (χ0v) is 19.3. The number of nitrogens with zero attached hydrogens (tertiary/aromatic N) is 1. The van der Waals surface area contributed by atoms with Crippen LogP contribution >= 0.6 is 12.6 Å². The monoisotopic (exact) mass is 485 g/mol. The Morgan fingerprint density at radius 3 is 2.12 bits per heavy atom. The highest BCUT2D eigenvalue weighted by Gasteiger charge is 2.30. The highest BCUT2D eigenvalue weighted by atomic mass is 32.1. The second kappa shape index (κ2) is 13.4. The first-order chi connectivity index (χ1) is 15.5. The lowest BCUT2D eigenvalue weighted by Crippen LogP contribution is -2.58. The number of amides is 4. The van der Waals surface area contributed by atoms with Crippen LogP contribution in [0.5, 0.6) is 0 Å². The molecule has 14 heteroatoms. The maximum atomic E-state index is 12.9. The number of hydrogen-bond acceptors (Lipinski definition) is 8. The summed E-state index contributed by atoms with van der Waals surface area (Å²) in [6.45, 7) is 3.51. The number of H-pyrrole nitrogens is 1. The van der Waals surface area contributed by atoms with Crippen LogP contribution in [0, 0.1) is 5.92 Å². The van der Waals surface area contributed by atoms with E-state index in [2.05, 4.69) is 38.5 Å². The van der Waals surface area contributed by atoms with Gasteiger partial charge in [-0.2, -0.15) is 12.6 Å². The lowest BCUT2D eigenvalue weighted by atomic mass is 10.0. The first-order valence-corrected chi connectivity index (χ1v) is 10.8. The molecule has 1 aromatic rings. The molecule has 0 spiro atoms. The summed E-state index contributed by atoms with van der Waals surface area (Å²) < 4.78 is 0. The standard InChI is InChI=1S/C19H31N7O6S/c1-9(2)15(21)18(30)25-12(5-10-6-22-8-23-10)16(28)26-13(7-33)17(29)24-11(19(31)32)3-4-14(20)27/h6,8-9,11-13,15,33H,3-5,7,21H2,1-2H3,(H2,20,27)(H,22,23)(H,24,29)(H,25,30)(H,26,28)(H,31,32). The smallest absolute Gasteiger partial charge is 0.326 e. The summed E-state index contributed by atoms with van der Waals surface area (Å²) in [5, 5.41) is 16.5. The van der Waals surface area contributed by atoms with Crippen molar-refractivity contribution >= 4 is 42.2 Å². The number of hydrogen-bond donors (Lipinski definition) is 8. The average molecular weight is 486 g/mol. The van der Waals surface area contributed by atoms with E-state index in [0.717, 1.165) is 0 Å². The van der Waals surface area contributed by atoms with E-state index in [1.165, 1.54) is 12.5 Å². The third-order valence-corrected chi connectivity index (χ3v) is 5.11. The van der Waals surface area contributed by atoms with Crippen molar-refractivity contribution in [3.63, 3.8) is 0 Å². The minimum Gasteiger partial charge on any atom is -0.480 e. The number of nitrogens with one attached hydrogen (secondary N) is 4. The van der Waals surface area contributed by atoms with Gasteiger partial charge in [-0.05, 0) is 12.3 Å². The fraction of sp³-hybridized carbons (Fsp3) is 0.579. The van der Waals surface area contributed by atoms with E-state index in [4.69, 9.17) is 11.5 Å². The molecule has 1 heterocycles. The Morgan fingerprint density at radius 1 is 1.06 bits per heavy atom. The van der Waals surface area contributed by atoms with E-state index >= 15 is 0 Å². The molecule has 0 aliphatic heterocycles. The highest BCUT2D eigenvalue weighted by Crippen LogP contribution is 2.05. The second-order valence-electron chi connectivity index (χ2n) is 7.76. The molecular formula is C19H31N7O6S. The number of imidazole rings is 1. The van der Waals surface area contributed by atoms with Gasteiger partial charge in [-0.3, -0.25) is 19.2 Å². The SMILES string of the molecule is CC(C)C(N)C(=O)NC(Cc1cnc[nH]1)C(=O)NC(CS)C(=O)NC(CCC(N)=O)C(=O)O. The zero-order chi connectivity index (χ0) is 25.1. The Bertz CT molecular complexity index is 833. The van der Waals surface area contributed by atoms with Crippen molar-refractivity contribution < 1.29 is 29.1 Å². The van der Waals surface area contributed by atoms with Crippen molar-refractivity contribution in [1.82, 2.24) is 25.9 Å². The van der Waals surface area contributed by atoms with Crippen LogP contribution in [0.3, 0.4) is 0 Å². The van der Waals surface area contributed by atoms with Gasteiger partial charge in [0, 0.05) is 30.5 Å². The largest absolute Gasteiger partial charge is 0.480 e. The van der Waals surface area contributed by atoms with Crippen LogP contribution in [-0.4, -0.2) is 74.6 Å². The number of nitrogens with two attached hydrogens (primary N) is 2. The molecule has 184 valence electrons. The van der Waals surface area contributed by atoms with E-state index in [-0.39, 0.29) is 30.9 Å². The van der Waals surface area contributed by atoms with Crippen molar-refractivity contribution in [3.05, 3.63) is 18.2 Å². The van der Waals surface area contributed by atoms with E-state index in [1.807, 2.05) is 0 Å². The van der Waals surface area contributed by atoms with Gasteiger partial charge in [0.1, 0.15) is 18.1 Å². The number of carbonyl (C=O) groups excluding carboxylic acids is 4. The van der Waals surface area contributed by atoms with Crippen molar-refractivity contribution in [2.45, 2.75) is 57.3 Å². The molecule has 0 bridgehead atoms. The molecule has 0 fully saturated rings. The Kier molecular flexibility index (Phi) is 11.4. The van der Waals surface area contributed by atoms with Gasteiger partial charge in [-0.25, -0.2) is 9.78 Å². The number of aliphatic carboxylic acids is 1. The van der Waals surface area contributed by atoms with E-state index < -0.39 is 53.8 Å². The lowest BCUT2D eigenvalue weighted by molar-refractivity contribution is -0.142. The first-order valence-electron chi connectivity index (χ1n) is 10.2. The molecular weight excluding hydrogens is 454 g/mol. The molecule has 1 rings (SSSR count). The molecule has 4 amide bonds. The molecule has 4 atom stereocenters. The molecule has 0 aromatic carbocycles. The summed E-state index contributed by atoms with van der Waals surface area (Å²) in [5.74, 6) is -4.48. The summed E-state index contributed by atoms with van der Waals surface area (Å²) in [5.41, 5.74) is 11.4. The van der Waals surface area contributed by atoms with Gasteiger partial charge in [0.25, 0.3) is 0 Å². The Labute approximate surface area is 196 Å². The maximum Gasteiger partial charge on any atom is 0.326 e. The number of aromatic nitrogens is 2. The number of thiol groups is 1. The molecule has 0 aliphatic rings. The van der Waals surface area contributed by atoms with Crippen molar-refractivity contribution in [2.24, 2.45) is 17.4 Å². The summed E-state index contributed by atoms with van der Waals surface area (Å²) in [7, 11) is 0.